The highest BCUT2D eigenvalue weighted by molar-refractivity contribution is 6.05. The van der Waals surface area contributed by atoms with Crippen LogP contribution in [0.5, 0.6) is 5.75 Å². The molecule has 1 aliphatic rings. The number of Topliss-reactive ketones (excluding diaryl/α,β-unsaturated/α-hetero) is 1. The van der Waals surface area contributed by atoms with E-state index in [1.54, 1.807) is 25.1 Å². The van der Waals surface area contributed by atoms with Crippen molar-refractivity contribution in [3.63, 3.8) is 0 Å². The maximum atomic E-state index is 12.9. The molecule has 2 atom stereocenters. The summed E-state index contributed by atoms with van der Waals surface area (Å²) in [6.45, 7) is 1.69. The largest absolute Gasteiger partial charge is 0.482 e. The van der Waals surface area contributed by atoms with Crippen molar-refractivity contribution in [3.05, 3.63) is 59.7 Å². The number of rotatable bonds is 5. The Hall–Kier alpha value is -2.82. The van der Waals surface area contributed by atoms with Crippen molar-refractivity contribution in [2.75, 3.05) is 12.4 Å². The second-order valence-electron chi connectivity index (χ2n) is 5.72. The zero-order valence-corrected chi connectivity index (χ0v) is 13.6. The van der Waals surface area contributed by atoms with E-state index in [9.17, 15) is 9.59 Å². The van der Waals surface area contributed by atoms with E-state index < -0.39 is 12.1 Å². The minimum absolute atomic E-state index is 0.105. The van der Waals surface area contributed by atoms with E-state index in [1.165, 1.54) is 7.11 Å². The number of hydrogen-bond acceptors (Lipinski definition) is 5. The summed E-state index contributed by atoms with van der Waals surface area (Å²) >= 11 is 0. The zero-order valence-electron chi connectivity index (χ0n) is 13.6. The third-order valence-electron chi connectivity index (χ3n) is 4.06. The molecule has 1 heterocycles. The summed E-state index contributed by atoms with van der Waals surface area (Å²) in [5, 5.41) is 3.04. The van der Waals surface area contributed by atoms with E-state index in [2.05, 4.69) is 5.32 Å². The number of anilines is 1. The molecule has 0 saturated carbocycles. The number of hydrogen-bond donors (Lipinski definition) is 1. The fraction of sp³-hybridized carbons (Fsp3) is 0.263. The lowest BCUT2D eigenvalue weighted by molar-refractivity contribution is -0.141. The van der Waals surface area contributed by atoms with Gasteiger partial charge in [-0.25, -0.2) is 4.79 Å². The molecule has 5 nitrogen and oxygen atoms in total. The van der Waals surface area contributed by atoms with Crippen LogP contribution in [0.2, 0.25) is 0 Å². The van der Waals surface area contributed by atoms with Gasteiger partial charge in [-0.2, -0.15) is 0 Å². The Morgan fingerprint density at radius 2 is 1.88 bits per heavy atom. The smallest absolute Gasteiger partial charge is 0.327 e. The van der Waals surface area contributed by atoms with Gasteiger partial charge in [0, 0.05) is 17.7 Å². The van der Waals surface area contributed by atoms with Gasteiger partial charge in [0.1, 0.15) is 11.8 Å². The lowest BCUT2D eigenvalue weighted by Crippen LogP contribution is -2.30. The molecule has 1 unspecified atom stereocenters. The number of carbonyl (C=O) groups excluding carboxylic acids is 2. The summed E-state index contributed by atoms with van der Waals surface area (Å²) in [5.74, 6) is 0.261. The molecule has 2 aromatic rings. The minimum atomic E-state index is -0.550. The van der Waals surface area contributed by atoms with Gasteiger partial charge in [-0.3, -0.25) is 4.79 Å². The molecule has 5 heteroatoms. The predicted molar refractivity (Wildman–Crippen MR) is 90.4 cm³/mol. The first-order chi connectivity index (χ1) is 11.6. The maximum absolute atomic E-state index is 12.9. The molecule has 0 spiro atoms. The first-order valence-electron chi connectivity index (χ1n) is 7.82. The lowest BCUT2D eigenvalue weighted by atomic mass is 10.00. The molecule has 0 aliphatic carbocycles. The van der Waals surface area contributed by atoms with Crippen LogP contribution in [0.25, 0.3) is 0 Å². The summed E-state index contributed by atoms with van der Waals surface area (Å²) in [5.41, 5.74) is 2.13. The summed E-state index contributed by atoms with van der Waals surface area (Å²) < 4.78 is 10.5. The van der Waals surface area contributed by atoms with Crippen molar-refractivity contribution in [2.45, 2.75) is 25.5 Å². The first kappa shape index (κ1) is 16.1. The van der Waals surface area contributed by atoms with Crippen LogP contribution in [0.15, 0.2) is 48.5 Å². The van der Waals surface area contributed by atoms with Crippen LogP contribution in [0.3, 0.4) is 0 Å². The number of fused-ring (bicyclic) bond motifs is 1. The van der Waals surface area contributed by atoms with Gasteiger partial charge in [0.25, 0.3) is 0 Å². The molecule has 0 fully saturated rings. The fourth-order valence-corrected chi connectivity index (χ4v) is 2.79. The van der Waals surface area contributed by atoms with Gasteiger partial charge in [0.05, 0.1) is 7.11 Å². The minimum Gasteiger partial charge on any atom is -0.482 e. The Kier molecular flexibility index (Phi) is 4.51. The molecule has 124 valence electrons. The second kappa shape index (κ2) is 6.74. The van der Waals surface area contributed by atoms with E-state index in [0.29, 0.717) is 17.7 Å². The number of ether oxygens (including phenoxy) is 2. The molecule has 0 saturated heterocycles. The average Bonchev–Trinajstić information content (AvgIpc) is 3.05. The molecule has 1 aliphatic heterocycles. The van der Waals surface area contributed by atoms with Crippen LogP contribution in [0.4, 0.5) is 5.69 Å². The SMILES string of the molecule is COC(=O)C(C)Nc1ccccc1C(=O)[C@@H]1Cc2ccccc2O1. The van der Waals surface area contributed by atoms with Crippen molar-refractivity contribution in [2.24, 2.45) is 0 Å². The predicted octanol–water partition coefficient (Wildman–Crippen LogP) is 2.85. The van der Waals surface area contributed by atoms with Crippen LogP contribution < -0.4 is 10.1 Å². The quantitative estimate of drug-likeness (QED) is 0.676. The van der Waals surface area contributed by atoms with Crippen LogP contribution in [0, 0.1) is 0 Å². The van der Waals surface area contributed by atoms with E-state index in [1.807, 2.05) is 30.3 Å². The third-order valence-corrected chi connectivity index (χ3v) is 4.06. The number of carbonyl (C=O) groups is 2. The van der Waals surface area contributed by atoms with Crippen molar-refractivity contribution < 1.29 is 19.1 Å². The van der Waals surface area contributed by atoms with Gasteiger partial charge >= 0.3 is 5.97 Å². The Labute approximate surface area is 140 Å². The molecule has 0 aromatic heterocycles. The number of methoxy groups -OCH3 is 1. The molecule has 0 bridgehead atoms. The summed E-state index contributed by atoms with van der Waals surface area (Å²) in [4.78, 5) is 24.5. The average molecular weight is 325 g/mol. The topological polar surface area (TPSA) is 64.6 Å². The highest BCUT2D eigenvalue weighted by Gasteiger charge is 2.31. The van der Waals surface area contributed by atoms with Crippen LogP contribution in [-0.2, 0) is 16.0 Å². The fourth-order valence-electron chi connectivity index (χ4n) is 2.79. The Bertz CT molecular complexity index is 746. The van der Waals surface area contributed by atoms with Gasteiger partial charge in [-0.1, -0.05) is 30.3 Å². The molecule has 2 aromatic carbocycles. The maximum Gasteiger partial charge on any atom is 0.327 e. The number of benzene rings is 2. The first-order valence-corrected chi connectivity index (χ1v) is 7.82. The van der Waals surface area contributed by atoms with Crippen molar-refractivity contribution in [3.8, 4) is 5.75 Å². The van der Waals surface area contributed by atoms with Crippen LogP contribution in [-0.4, -0.2) is 31.0 Å². The van der Waals surface area contributed by atoms with Gasteiger partial charge in [0.15, 0.2) is 6.10 Å². The van der Waals surface area contributed by atoms with Gasteiger partial charge in [-0.05, 0) is 30.7 Å². The molecular weight excluding hydrogens is 306 g/mol. The van der Waals surface area contributed by atoms with Gasteiger partial charge in [0.2, 0.25) is 5.78 Å². The number of nitrogens with one attached hydrogen (secondary N) is 1. The van der Waals surface area contributed by atoms with E-state index in [0.717, 1.165) is 11.3 Å². The molecule has 0 radical (unpaired) electrons. The second-order valence-corrected chi connectivity index (χ2v) is 5.72. The molecular formula is C19H19NO4. The van der Waals surface area contributed by atoms with Crippen molar-refractivity contribution in [1.82, 2.24) is 0 Å². The molecule has 24 heavy (non-hydrogen) atoms. The summed E-state index contributed by atoms with van der Waals surface area (Å²) in [6.07, 6.45) is 0.00869. The molecule has 0 amide bonds. The Morgan fingerprint density at radius 3 is 2.62 bits per heavy atom. The third kappa shape index (κ3) is 3.11. The van der Waals surface area contributed by atoms with Gasteiger partial charge < -0.3 is 14.8 Å². The lowest BCUT2D eigenvalue weighted by Gasteiger charge is -2.17. The van der Waals surface area contributed by atoms with E-state index in [4.69, 9.17) is 9.47 Å². The summed E-state index contributed by atoms with van der Waals surface area (Å²) in [7, 11) is 1.33. The number of ketones is 1. The highest BCUT2D eigenvalue weighted by Crippen LogP contribution is 2.31. The molecule has 3 rings (SSSR count). The van der Waals surface area contributed by atoms with Gasteiger partial charge in [-0.15, -0.1) is 0 Å². The highest BCUT2D eigenvalue weighted by atomic mass is 16.5. The monoisotopic (exact) mass is 325 g/mol. The Morgan fingerprint density at radius 1 is 1.17 bits per heavy atom. The number of para-hydroxylation sites is 2. The standard InChI is InChI=1S/C19H19NO4/c1-12(19(22)23-2)20-15-9-5-4-8-14(15)18(21)17-11-13-7-3-6-10-16(13)24-17/h3-10,12,17,20H,11H2,1-2H3/t12?,17-/m0/s1. The normalized spacial score (nSPS) is 16.7. The van der Waals surface area contributed by atoms with E-state index >= 15 is 0 Å². The Balaban J connectivity index is 1.80. The van der Waals surface area contributed by atoms with Crippen LogP contribution in [0.1, 0.15) is 22.8 Å². The number of esters is 1. The van der Waals surface area contributed by atoms with E-state index in [-0.39, 0.29) is 11.8 Å². The molecule has 1 N–H and O–H groups in total. The van der Waals surface area contributed by atoms with Crippen molar-refractivity contribution >= 4 is 17.4 Å². The zero-order chi connectivity index (χ0) is 17.1. The van der Waals surface area contributed by atoms with Crippen LogP contribution >= 0.6 is 0 Å². The van der Waals surface area contributed by atoms with Crippen molar-refractivity contribution in [1.29, 1.82) is 0 Å². The summed E-state index contributed by atoms with van der Waals surface area (Å²) in [6, 6.07) is 14.2.